The fourth-order valence-corrected chi connectivity index (χ4v) is 2.33. The number of rotatable bonds is 3. The van der Waals surface area contributed by atoms with E-state index < -0.39 is 10.0 Å². The van der Waals surface area contributed by atoms with Gasteiger partial charge in [0, 0.05) is 26.6 Å². The Morgan fingerprint density at radius 3 is 2.73 bits per heavy atom. The van der Waals surface area contributed by atoms with Crippen molar-refractivity contribution in [1.82, 2.24) is 9.62 Å². The minimum atomic E-state index is -3.11. The summed E-state index contributed by atoms with van der Waals surface area (Å²) in [5.41, 5.74) is 0. The van der Waals surface area contributed by atoms with E-state index >= 15 is 0 Å². The largest absolute Gasteiger partial charge is 0.343 e. The van der Waals surface area contributed by atoms with Crippen molar-refractivity contribution in [3.8, 4) is 0 Å². The number of hydrogen-bond donors (Lipinski definition) is 1. The van der Waals surface area contributed by atoms with Crippen LogP contribution in [0.2, 0.25) is 0 Å². The Kier molecular flexibility index (Phi) is 4.10. The lowest BCUT2D eigenvalue weighted by Crippen LogP contribution is -2.42. The lowest BCUT2D eigenvalue weighted by molar-refractivity contribution is -0.130. The van der Waals surface area contributed by atoms with E-state index in [9.17, 15) is 13.2 Å². The highest BCUT2D eigenvalue weighted by molar-refractivity contribution is 7.88. The topological polar surface area (TPSA) is 66.5 Å². The fourth-order valence-electron chi connectivity index (χ4n) is 1.79. The van der Waals surface area contributed by atoms with Gasteiger partial charge in [0.15, 0.2) is 0 Å². The first-order valence-electron chi connectivity index (χ1n) is 5.08. The third-order valence-corrected chi connectivity index (χ3v) is 3.29. The van der Waals surface area contributed by atoms with Gasteiger partial charge in [-0.25, -0.2) is 13.1 Å². The van der Waals surface area contributed by atoms with E-state index in [0.717, 1.165) is 25.6 Å². The van der Waals surface area contributed by atoms with E-state index in [2.05, 4.69) is 4.72 Å². The van der Waals surface area contributed by atoms with Gasteiger partial charge in [-0.1, -0.05) is 0 Å². The number of piperidine rings is 1. The molecule has 1 aliphatic rings. The average Bonchev–Trinajstić information content (AvgIpc) is 2.14. The molecule has 0 spiro atoms. The van der Waals surface area contributed by atoms with Crippen molar-refractivity contribution in [2.24, 2.45) is 5.92 Å². The third-order valence-electron chi connectivity index (χ3n) is 2.60. The highest BCUT2D eigenvalue weighted by Crippen LogP contribution is 2.15. The van der Waals surface area contributed by atoms with Crippen LogP contribution in [-0.4, -0.2) is 45.1 Å². The van der Waals surface area contributed by atoms with Crippen LogP contribution >= 0.6 is 0 Å². The molecule has 6 heteroatoms. The Morgan fingerprint density at radius 2 is 2.20 bits per heavy atom. The second-order valence-electron chi connectivity index (χ2n) is 4.09. The second-order valence-corrected chi connectivity index (χ2v) is 5.93. The molecule has 1 fully saturated rings. The summed E-state index contributed by atoms with van der Waals surface area (Å²) in [5, 5.41) is 0. The first-order chi connectivity index (χ1) is 6.88. The first-order valence-corrected chi connectivity index (χ1v) is 6.98. The number of hydrogen-bond acceptors (Lipinski definition) is 3. The van der Waals surface area contributed by atoms with Crippen LogP contribution in [0.5, 0.6) is 0 Å². The normalized spacial score (nSPS) is 22.8. The first kappa shape index (κ1) is 12.4. The van der Waals surface area contributed by atoms with E-state index in [4.69, 9.17) is 0 Å². The standard InChI is InChI=1S/C9H18N2O3S/c1-8(12)11-5-3-4-9(7-11)6-10-15(2,13)14/h9-10H,3-7H2,1-2H3/t9-/m0/s1. The summed E-state index contributed by atoms with van der Waals surface area (Å²) in [5.74, 6) is 0.316. The van der Waals surface area contributed by atoms with Crippen molar-refractivity contribution < 1.29 is 13.2 Å². The van der Waals surface area contributed by atoms with Crippen molar-refractivity contribution in [3.05, 3.63) is 0 Å². The maximum absolute atomic E-state index is 11.1. The van der Waals surface area contributed by atoms with Gasteiger partial charge in [-0.15, -0.1) is 0 Å². The Morgan fingerprint density at radius 1 is 1.53 bits per heavy atom. The molecule has 0 aliphatic carbocycles. The van der Waals surface area contributed by atoms with Gasteiger partial charge < -0.3 is 4.90 Å². The molecule has 0 aromatic heterocycles. The van der Waals surface area contributed by atoms with Crippen LogP contribution in [0.1, 0.15) is 19.8 Å². The maximum Gasteiger partial charge on any atom is 0.219 e. The molecule has 0 unspecified atom stereocenters. The SMILES string of the molecule is CC(=O)N1CCC[C@@H](CNS(C)(=O)=O)C1. The van der Waals surface area contributed by atoms with Crippen LogP contribution in [0.4, 0.5) is 0 Å². The van der Waals surface area contributed by atoms with E-state index in [-0.39, 0.29) is 11.8 Å². The van der Waals surface area contributed by atoms with Gasteiger partial charge in [0.05, 0.1) is 6.26 Å². The summed E-state index contributed by atoms with van der Waals surface area (Å²) in [6, 6.07) is 0. The van der Waals surface area contributed by atoms with E-state index in [0.29, 0.717) is 13.1 Å². The molecule has 0 saturated carbocycles. The quantitative estimate of drug-likeness (QED) is 0.735. The summed E-state index contributed by atoms with van der Waals surface area (Å²) in [7, 11) is -3.11. The van der Waals surface area contributed by atoms with Gasteiger partial charge >= 0.3 is 0 Å². The highest BCUT2D eigenvalue weighted by atomic mass is 32.2. The van der Waals surface area contributed by atoms with Crippen molar-refractivity contribution in [2.45, 2.75) is 19.8 Å². The van der Waals surface area contributed by atoms with Crippen molar-refractivity contribution >= 4 is 15.9 Å². The number of nitrogens with zero attached hydrogens (tertiary/aromatic N) is 1. The van der Waals surface area contributed by atoms with E-state index in [1.54, 1.807) is 11.8 Å². The number of carbonyl (C=O) groups excluding carboxylic acids is 1. The summed E-state index contributed by atoms with van der Waals surface area (Å²) >= 11 is 0. The molecule has 15 heavy (non-hydrogen) atoms. The predicted molar refractivity (Wildman–Crippen MR) is 57.8 cm³/mol. The Hall–Kier alpha value is -0.620. The smallest absolute Gasteiger partial charge is 0.219 e. The van der Waals surface area contributed by atoms with Crippen molar-refractivity contribution in [2.75, 3.05) is 25.9 Å². The van der Waals surface area contributed by atoms with Crippen LogP contribution in [0.3, 0.4) is 0 Å². The Balaban J connectivity index is 2.40. The van der Waals surface area contributed by atoms with Crippen LogP contribution < -0.4 is 4.72 Å². The monoisotopic (exact) mass is 234 g/mol. The highest BCUT2D eigenvalue weighted by Gasteiger charge is 2.21. The third kappa shape index (κ3) is 4.61. The molecule has 0 aromatic rings. The van der Waals surface area contributed by atoms with Crippen LogP contribution in [0, 0.1) is 5.92 Å². The van der Waals surface area contributed by atoms with Crippen LogP contribution in [-0.2, 0) is 14.8 Å². The molecular weight excluding hydrogens is 216 g/mol. The molecule has 1 aliphatic heterocycles. The predicted octanol–water partition coefficient (Wildman–Crippen LogP) is -0.206. The number of likely N-dealkylation sites (tertiary alicyclic amines) is 1. The van der Waals surface area contributed by atoms with Gasteiger partial charge in [0.25, 0.3) is 0 Å². The van der Waals surface area contributed by atoms with Crippen LogP contribution in [0.25, 0.3) is 0 Å². The number of sulfonamides is 1. The van der Waals surface area contributed by atoms with Gasteiger partial charge in [-0.3, -0.25) is 4.79 Å². The Bertz CT molecular complexity index is 326. The molecule has 1 atom stereocenters. The van der Waals surface area contributed by atoms with Gasteiger partial charge in [-0.2, -0.15) is 0 Å². The van der Waals surface area contributed by atoms with E-state index in [1.807, 2.05) is 0 Å². The minimum Gasteiger partial charge on any atom is -0.343 e. The van der Waals surface area contributed by atoms with Crippen molar-refractivity contribution in [3.63, 3.8) is 0 Å². The number of nitrogens with one attached hydrogen (secondary N) is 1. The number of amides is 1. The molecule has 1 amide bonds. The fraction of sp³-hybridized carbons (Fsp3) is 0.889. The minimum absolute atomic E-state index is 0.0686. The second kappa shape index (κ2) is 4.94. The zero-order valence-electron chi connectivity index (χ0n) is 9.19. The molecule has 0 aromatic carbocycles. The zero-order chi connectivity index (χ0) is 11.5. The molecule has 1 saturated heterocycles. The molecule has 0 radical (unpaired) electrons. The summed E-state index contributed by atoms with van der Waals surface area (Å²) < 4.78 is 24.3. The van der Waals surface area contributed by atoms with Gasteiger partial charge in [-0.05, 0) is 18.8 Å². The maximum atomic E-state index is 11.1. The summed E-state index contributed by atoms with van der Waals surface area (Å²) in [6.45, 7) is 3.44. The summed E-state index contributed by atoms with van der Waals surface area (Å²) in [6.07, 6.45) is 3.08. The van der Waals surface area contributed by atoms with Crippen LogP contribution in [0.15, 0.2) is 0 Å². The molecule has 5 nitrogen and oxygen atoms in total. The van der Waals surface area contributed by atoms with Gasteiger partial charge in [0.2, 0.25) is 15.9 Å². The summed E-state index contributed by atoms with van der Waals surface area (Å²) in [4.78, 5) is 12.9. The zero-order valence-corrected chi connectivity index (χ0v) is 10.0. The Labute approximate surface area is 90.9 Å². The van der Waals surface area contributed by atoms with Gasteiger partial charge in [0.1, 0.15) is 0 Å². The lowest BCUT2D eigenvalue weighted by Gasteiger charge is -2.31. The molecular formula is C9H18N2O3S. The van der Waals surface area contributed by atoms with E-state index in [1.165, 1.54) is 0 Å². The molecule has 1 N–H and O–H groups in total. The molecule has 88 valence electrons. The molecule has 1 rings (SSSR count). The molecule has 0 bridgehead atoms. The molecule has 1 heterocycles. The number of carbonyl (C=O) groups is 1. The lowest BCUT2D eigenvalue weighted by atomic mass is 9.98. The average molecular weight is 234 g/mol. The van der Waals surface area contributed by atoms with Crippen molar-refractivity contribution in [1.29, 1.82) is 0 Å².